The maximum atomic E-state index is 2.51. The molecule has 11 rings (SSSR count). The van der Waals surface area contributed by atoms with Crippen molar-refractivity contribution in [3.63, 3.8) is 0 Å². The normalized spacial score (nSPS) is 12.0. The summed E-state index contributed by atoms with van der Waals surface area (Å²) < 4.78 is 5.44. The molecule has 0 unspecified atom stereocenters. The zero-order valence-corrected chi connectivity index (χ0v) is 28.6. The standard InChI is InChI=1S/C48H28S2/c1-2-12-29(13-3-1)30-22-24-32(25-23-30)43-34-16-6-8-18-36(34)44(37-19-9-7-17-35(37)43)40-28-42-46(48-45(40)38-20-10-11-21-41(38)49-48)39-27-26-31-14-4-5-15-33(31)47(39)50-42/h1-28H. The fourth-order valence-electron chi connectivity index (χ4n) is 8.26. The second kappa shape index (κ2) is 10.9. The number of hydrogen-bond donors (Lipinski definition) is 0. The number of hydrogen-bond acceptors (Lipinski definition) is 2. The van der Waals surface area contributed by atoms with Gasteiger partial charge in [0.2, 0.25) is 0 Å². The summed E-state index contributed by atoms with van der Waals surface area (Å²) in [5, 5.41) is 13.2. The fourth-order valence-corrected chi connectivity index (χ4v) is 10.9. The van der Waals surface area contributed by atoms with E-state index >= 15 is 0 Å². The summed E-state index contributed by atoms with van der Waals surface area (Å²) in [4.78, 5) is 0. The molecule has 50 heavy (non-hydrogen) atoms. The molecule has 0 bridgehead atoms. The first kappa shape index (κ1) is 28.1. The van der Waals surface area contributed by atoms with Crippen molar-refractivity contribution >= 4 is 95.3 Å². The van der Waals surface area contributed by atoms with E-state index in [1.807, 2.05) is 22.7 Å². The van der Waals surface area contributed by atoms with Crippen molar-refractivity contribution in [2.24, 2.45) is 0 Å². The van der Waals surface area contributed by atoms with Crippen LogP contribution in [0.4, 0.5) is 0 Å². The van der Waals surface area contributed by atoms with E-state index in [-0.39, 0.29) is 0 Å². The molecule has 0 aliphatic heterocycles. The van der Waals surface area contributed by atoms with Gasteiger partial charge in [-0.3, -0.25) is 0 Å². The molecule has 0 aliphatic rings. The minimum Gasteiger partial charge on any atom is -0.134 e. The summed E-state index contributed by atoms with van der Waals surface area (Å²) in [5.74, 6) is 0. The molecule has 0 amide bonds. The van der Waals surface area contributed by atoms with Gasteiger partial charge >= 0.3 is 0 Å². The third-order valence-electron chi connectivity index (χ3n) is 10.5. The van der Waals surface area contributed by atoms with Crippen LogP contribution in [0, 0.1) is 0 Å². The molecule has 0 N–H and O–H groups in total. The van der Waals surface area contributed by atoms with E-state index in [4.69, 9.17) is 0 Å². The lowest BCUT2D eigenvalue weighted by Crippen LogP contribution is -1.91. The highest BCUT2D eigenvalue weighted by Gasteiger charge is 2.23. The minimum atomic E-state index is 1.23. The smallest absolute Gasteiger partial charge is 0.0454 e. The SMILES string of the molecule is c1ccc(-c2ccc(-c3c4ccccc4c(-c4cc5sc6c7ccccc7ccc6c5c5sc6ccccc6c45)c4ccccc34)cc2)cc1. The van der Waals surface area contributed by atoms with Crippen LogP contribution in [0.15, 0.2) is 170 Å². The average molecular weight is 669 g/mol. The van der Waals surface area contributed by atoms with Gasteiger partial charge in [-0.15, -0.1) is 22.7 Å². The van der Waals surface area contributed by atoms with Crippen LogP contribution in [0.3, 0.4) is 0 Å². The fraction of sp³-hybridized carbons (Fsp3) is 0. The van der Waals surface area contributed by atoms with Crippen LogP contribution in [0.2, 0.25) is 0 Å². The molecule has 0 nitrogen and oxygen atoms in total. The van der Waals surface area contributed by atoms with Gasteiger partial charge in [-0.25, -0.2) is 0 Å². The molecule has 11 aromatic rings. The molecule has 0 saturated heterocycles. The molecule has 0 aliphatic carbocycles. The first-order valence-corrected chi connectivity index (χ1v) is 18.7. The average Bonchev–Trinajstić information content (AvgIpc) is 3.76. The van der Waals surface area contributed by atoms with Crippen LogP contribution < -0.4 is 0 Å². The zero-order chi connectivity index (χ0) is 32.8. The molecule has 0 spiro atoms. The molecule has 0 atom stereocenters. The van der Waals surface area contributed by atoms with E-state index in [9.17, 15) is 0 Å². The van der Waals surface area contributed by atoms with Gasteiger partial charge in [-0.2, -0.15) is 0 Å². The van der Waals surface area contributed by atoms with Gasteiger partial charge in [-0.1, -0.05) is 158 Å². The van der Waals surface area contributed by atoms with E-state index < -0.39 is 0 Å². The molecular formula is C48H28S2. The molecule has 2 heteroatoms. The van der Waals surface area contributed by atoms with E-state index in [1.54, 1.807) is 0 Å². The lowest BCUT2D eigenvalue weighted by molar-refractivity contribution is 1.61. The Morgan fingerprint density at radius 1 is 0.300 bits per heavy atom. The highest BCUT2D eigenvalue weighted by molar-refractivity contribution is 7.30. The Kier molecular flexibility index (Phi) is 6.09. The number of fused-ring (bicyclic) bond motifs is 11. The monoisotopic (exact) mass is 668 g/mol. The molecule has 0 fully saturated rings. The van der Waals surface area contributed by atoms with Crippen molar-refractivity contribution in [1.29, 1.82) is 0 Å². The minimum absolute atomic E-state index is 1.23. The van der Waals surface area contributed by atoms with Crippen LogP contribution in [-0.2, 0) is 0 Å². The molecule has 232 valence electrons. The predicted octanol–water partition coefficient (Wildman–Crippen LogP) is 14.9. The summed E-state index contributed by atoms with van der Waals surface area (Å²) in [6.45, 7) is 0. The molecule has 9 aromatic carbocycles. The molecular weight excluding hydrogens is 641 g/mol. The zero-order valence-electron chi connectivity index (χ0n) is 27.0. The lowest BCUT2D eigenvalue weighted by atomic mass is 9.84. The molecule has 2 aromatic heterocycles. The van der Waals surface area contributed by atoms with Crippen molar-refractivity contribution in [2.75, 3.05) is 0 Å². The Labute approximate surface area is 297 Å². The van der Waals surface area contributed by atoms with E-state index in [0.29, 0.717) is 0 Å². The molecule has 0 radical (unpaired) electrons. The maximum Gasteiger partial charge on any atom is 0.0454 e. The van der Waals surface area contributed by atoms with Gasteiger partial charge in [0, 0.05) is 40.3 Å². The summed E-state index contributed by atoms with van der Waals surface area (Å²) in [7, 11) is 0. The Hall–Kier alpha value is -5.80. The molecule has 0 saturated carbocycles. The Bertz CT molecular complexity index is 3070. The summed E-state index contributed by atoms with van der Waals surface area (Å²) in [6, 6.07) is 62.8. The highest BCUT2D eigenvalue weighted by Crippen LogP contribution is 2.52. The van der Waals surface area contributed by atoms with Gasteiger partial charge in [-0.05, 0) is 77.8 Å². The van der Waals surface area contributed by atoms with Gasteiger partial charge in [0.25, 0.3) is 0 Å². The predicted molar refractivity (Wildman–Crippen MR) is 221 cm³/mol. The second-order valence-electron chi connectivity index (χ2n) is 13.1. The first-order valence-electron chi connectivity index (χ1n) is 17.1. The Morgan fingerprint density at radius 2 is 0.840 bits per heavy atom. The second-order valence-corrected chi connectivity index (χ2v) is 15.3. The Balaban J connectivity index is 1.27. The topological polar surface area (TPSA) is 0 Å². The van der Waals surface area contributed by atoms with E-state index in [0.717, 1.165) is 0 Å². The number of rotatable bonds is 3. The van der Waals surface area contributed by atoms with Crippen molar-refractivity contribution in [3.8, 4) is 33.4 Å². The first-order chi connectivity index (χ1) is 24.8. The summed E-state index contributed by atoms with van der Waals surface area (Å²) in [6.07, 6.45) is 0. The third-order valence-corrected chi connectivity index (χ3v) is 12.8. The van der Waals surface area contributed by atoms with E-state index in [2.05, 4.69) is 170 Å². The van der Waals surface area contributed by atoms with Gasteiger partial charge in [0.1, 0.15) is 0 Å². The largest absolute Gasteiger partial charge is 0.134 e. The maximum absolute atomic E-state index is 2.51. The number of benzene rings is 9. The van der Waals surface area contributed by atoms with Gasteiger partial charge in [0.05, 0.1) is 0 Å². The van der Waals surface area contributed by atoms with Crippen molar-refractivity contribution < 1.29 is 0 Å². The van der Waals surface area contributed by atoms with Crippen LogP contribution >= 0.6 is 22.7 Å². The van der Waals surface area contributed by atoms with Gasteiger partial charge in [0.15, 0.2) is 0 Å². The highest BCUT2D eigenvalue weighted by atomic mass is 32.1. The van der Waals surface area contributed by atoms with Crippen molar-refractivity contribution in [2.45, 2.75) is 0 Å². The van der Waals surface area contributed by atoms with Crippen LogP contribution in [0.1, 0.15) is 0 Å². The Morgan fingerprint density at radius 3 is 1.56 bits per heavy atom. The van der Waals surface area contributed by atoms with Crippen molar-refractivity contribution in [3.05, 3.63) is 170 Å². The van der Waals surface area contributed by atoms with Crippen LogP contribution in [0.5, 0.6) is 0 Å². The van der Waals surface area contributed by atoms with Crippen molar-refractivity contribution in [1.82, 2.24) is 0 Å². The van der Waals surface area contributed by atoms with Crippen LogP contribution in [-0.4, -0.2) is 0 Å². The number of thiophene rings is 2. The quantitative estimate of drug-likeness (QED) is 0.164. The summed E-state index contributed by atoms with van der Waals surface area (Å²) in [5.41, 5.74) is 7.64. The van der Waals surface area contributed by atoms with E-state index in [1.165, 1.54) is 106 Å². The third kappa shape index (κ3) is 4.04. The lowest BCUT2D eigenvalue weighted by Gasteiger charge is -2.19. The molecule has 2 heterocycles. The van der Waals surface area contributed by atoms with Gasteiger partial charge < -0.3 is 0 Å². The van der Waals surface area contributed by atoms with Crippen LogP contribution in [0.25, 0.3) is 106 Å². The summed E-state index contributed by atoms with van der Waals surface area (Å²) >= 11 is 3.88.